The van der Waals surface area contributed by atoms with Crippen molar-refractivity contribution in [2.24, 2.45) is 0 Å². The number of likely N-dealkylation sites (tertiary alicyclic amines) is 1. The molecule has 0 radical (unpaired) electrons. The SMILES string of the molecule is CCOCCCOC(=O)[C@H]1CCCCN1CC. The summed E-state index contributed by atoms with van der Waals surface area (Å²) in [6.07, 6.45) is 4.06. The maximum Gasteiger partial charge on any atom is 0.323 e. The molecule has 4 heteroatoms. The summed E-state index contributed by atoms with van der Waals surface area (Å²) >= 11 is 0. The molecular formula is C13H25NO3. The first-order chi connectivity index (χ1) is 8.29. The molecule has 0 unspecified atom stereocenters. The van der Waals surface area contributed by atoms with Crippen molar-refractivity contribution in [3.8, 4) is 0 Å². The van der Waals surface area contributed by atoms with Crippen LogP contribution in [0, 0.1) is 0 Å². The Morgan fingerprint density at radius 2 is 2.12 bits per heavy atom. The number of nitrogens with zero attached hydrogens (tertiary/aromatic N) is 1. The maximum atomic E-state index is 11.9. The first kappa shape index (κ1) is 14.5. The predicted octanol–water partition coefficient (Wildman–Crippen LogP) is 1.83. The van der Waals surface area contributed by atoms with Crippen LogP contribution in [0.15, 0.2) is 0 Å². The number of esters is 1. The van der Waals surface area contributed by atoms with Crippen molar-refractivity contribution in [1.29, 1.82) is 0 Å². The zero-order valence-corrected chi connectivity index (χ0v) is 11.1. The summed E-state index contributed by atoms with van der Waals surface area (Å²) in [6, 6.07) is -0.0131. The summed E-state index contributed by atoms with van der Waals surface area (Å²) in [5.41, 5.74) is 0. The van der Waals surface area contributed by atoms with Gasteiger partial charge < -0.3 is 9.47 Å². The number of piperidine rings is 1. The van der Waals surface area contributed by atoms with Crippen molar-refractivity contribution in [1.82, 2.24) is 4.90 Å². The van der Waals surface area contributed by atoms with Gasteiger partial charge >= 0.3 is 5.97 Å². The summed E-state index contributed by atoms with van der Waals surface area (Å²) < 4.78 is 10.5. The zero-order valence-electron chi connectivity index (χ0n) is 11.1. The quantitative estimate of drug-likeness (QED) is 0.505. The summed E-state index contributed by atoms with van der Waals surface area (Å²) in [4.78, 5) is 14.1. The minimum atomic E-state index is -0.0527. The molecular weight excluding hydrogens is 218 g/mol. The van der Waals surface area contributed by atoms with Crippen LogP contribution in [-0.2, 0) is 14.3 Å². The summed E-state index contributed by atoms with van der Waals surface area (Å²) in [7, 11) is 0. The smallest absolute Gasteiger partial charge is 0.323 e. The van der Waals surface area contributed by atoms with E-state index >= 15 is 0 Å². The lowest BCUT2D eigenvalue weighted by atomic mass is 10.0. The number of carbonyl (C=O) groups is 1. The molecule has 1 aliphatic heterocycles. The first-order valence-electron chi connectivity index (χ1n) is 6.78. The zero-order chi connectivity index (χ0) is 12.5. The van der Waals surface area contributed by atoms with Crippen LogP contribution in [0.4, 0.5) is 0 Å². The molecule has 100 valence electrons. The Hall–Kier alpha value is -0.610. The highest BCUT2D eigenvalue weighted by molar-refractivity contribution is 5.75. The average Bonchev–Trinajstić information content (AvgIpc) is 2.38. The van der Waals surface area contributed by atoms with Gasteiger partial charge in [-0.2, -0.15) is 0 Å². The fourth-order valence-electron chi connectivity index (χ4n) is 2.21. The fraction of sp³-hybridized carbons (Fsp3) is 0.923. The van der Waals surface area contributed by atoms with Crippen molar-refractivity contribution >= 4 is 5.97 Å². The number of ether oxygens (including phenoxy) is 2. The molecule has 0 saturated carbocycles. The summed E-state index contributed by atoms with van der Waals surface area (Å²) in [6.45, 7) is 7.89. The normalized spacial score (nSPS) is 21.4. The number of rotatable bonds is 7. The van der Waals surface area contributed by atoms with E-state index in [0.29, 0.717) is 13.2 Å². The first-order valence-corrected chi connectivity index (χ1v) is 6.78. The van der Waals surface area contributed by atoms with Gasteiger partial charge in [-0.15, -0.1) is 0 Å². The van der Waals surface area contributed by atoms with Crippen LogP contribution >= 0.6 is 0 Å². The van der Waals surface area contributed by atoms with Gasteiger partial charge in [-0.3, -0.25) is 9.69 Å². The van der Waals surface area contributed by atoms with Gasteiger partial charge in [0.2, 0.25) is 0 Å². The van der Waals surface area contributed by atoms with Gasteiger partial charge in [0, 0.05) is 19.6 Å². The lowest BCUT2D eigenvalue weighted by Crippen LogP contribution is -2.45. The molecule has 0 N–H and O–H groups in total. The van der Waals surface area contributed by atoms with E-state index in [4.69, 9.17) is 9.47 Å². The van der Waals surface area contributed by atoms with Gasteiger partial charge in [0.25, 0.3) is 0 Å². The lowest BCUT2D eigenvalue weighted by Gasteiger charge is -2.32. The predicted molar refractivity (Wildman–Crippen MR) is 67.0 cm³/mol. The lowest BCUT2D eigenvalue weighted by molar-refractivity contribution is -0.151. The van der Waals surface area contributed by atoms with Gasteiger partial charge in [-0.05, 0) is 32.9 Å². The van der Waals surface area contributed by atoms with E-state index in [2.05, 4.69) is 11.8 Å². The van der Waals surface area contributed by atoms with Gasteiger partial charge in [-0.1, -0.05) is 13.3 Å². The Balaban J connectivity index is 2.20. The molecule has 1 aliphatic rings. The summed E-state index contributed by atoms with van der Waals surface area (Å²) in [5.74, 6) is -0.0527. The Morgan fingerprint density at radius 3 is 2.82 bits per heavy atom. The third-order valence-electron chi connectivity index (χ3n) is 3.17. The molecule has 0 spiro atoms. The van der Waals surface area contributed by atoms with Crippen LogP contribution in [-0.4, -0.2) is 49.8 Å². The third kappa shape index (κ3) is 5.04. The minimum Gasteiger partial charge on any atom is -0.464 e. The van der Waals surface area contributed by atoms with Gasteiger partial charge in [0.15, 0.2) is 0 Å². The van der Waals surface area contributed by atoms with Crippen molar-refractivity contribution in [3.63, 3.8) is 0 Å². The molecule has 1 rings (SSSR count). The Morgan fingerprint density at radius 1 is 1.29 bits per heavy atom. The van der Waals surface area contributed by atoms with Crippen molar-refractivity contribution < 1.29 is 14.3 Å². The molecule has 1 fully saturated rings. The second-order valence-corrected chi connectivity index (χ2v) is 4.36. The van der Waals surface area contributed by atoms with E-state index in [9.17, 15) is 4.79 Å². The minimum absolute atomic E-state index is 0.0131. The van der Waals surface area contributed by atoms with Gasteiger partial charge in [0.1, 0.15) is 6.04 Å². The molecule has 0 aromatic heterocycles. The van der Waals surface area contributed by atoms with Gasteiger partial charge in [-0.25, -0.2) is 0 Å². The fourth-order valence-corrected chi connectivity index (χ4v) is 2.21. The largest absolute Gasteiger partial charge is 0.464 e. The van der Waals surface area contributed by atoms with Crippen LogP contribution < -0.4 is 0 Å². The monoisotopic (exact) mass is 243 g/mol. The molecule has 0 aromatic rings. The van der Waals surface area contributed by atoms with E-state index in [1.54, 1.807) is 0 Å². The number of hydrogen-bond donors (Lipinski definition) is 0. The molecule has 0 aliphatic carbocycles. The average molecular weight is 243 g/mol. The Labute approximate surface area is 104 Å². The second kappa shape index (κ2) is 8.48. The molecule has 0 aromatic carbocycles. The third-order valence-corrected chi connectivity index (χ3v) is 3.17. The number of likely N-dealkylation sites (N-methyl/N-ethyl adjacent to an activating group) is 1. The Kier molecular flexibility index (Phi) is 7.21. The molecule has 1 atom stereocenters. The van der Waals surface area contributed by atoms with Crippen molar-refractivity contribution in [3.05, 3.63) is 0 Å². The van der Waals surface area contributed by atoms with Crippen LogP contribution in [0.2, 0.25) is 0 Å². The van der Waals surface area contributed by atoms with E-state index in [1.165, 1.54) is 6.42 Å². The van der Waals surface area contributed by atoms with Crippen LogP contribution in [0.25, 0.3) is 0 Å². The molecule has 0 amide bonds. The highest BCUT2D eigenvalue weighted by Crippen LogP contribution is 2.17. The van der Waals surface area contributed by atoms with E-state index < -0.39 is 0 Å². The topological polar surface area (TPSA) is 38.8 Å². The van der Waals surface area contributed by atoms with Crippen molar-refractivity contribution in [2.45, 2.75) is 45.6 Å². The van der Waals surface area contributed by atoms with Crippen LogP contribution in [0.5, 0.6) is 0 Å². The number of hydrogen-bond acceptors (Lipinski definition) is 4. The van der Waals surface area contributed by atoms with Crippen molar-refractivity contribution in [2.75, 3.05) is 32.9 Å². The molecule has 4 nitrogen and oxygen atoms in total. The highest BCUT2D eigenvalue weighted by Gasteiger charge is 2.28. The van der Waals surface area contributed by atoms with E-state index in [0.717, 1.165) is 39.0 Å². The molecule has 17 heavy (non-hydrogen) atoms. The maximum absolute atomic E-state index is 11.9. The van der Waals surface area contributed by atoms with E-state index in [-0.39, 0.29) is 12.0 Å². The second-order valence-electron chi connectivity index (χ2n) is 4.36. The standard InChI is InChI=1S/C13H25NO3/c1-3-14-9-6-5-8-12(14)13(15)17-11-7-10-16-4-2/h12H,3-11H2,1-2H3/t12-/m1/s1. The van der Waals surface area contributed by atoms with Crippen LogP contribution in [0.1, 0.15) is 39.5 Å². The van der Waals surface area contributed by atoms with Crippen LogP contribution in [0.3, 0.4) is 0 Å². The van der Waals surface area contributed by atoms with Gasteiger partial charge in [0.05, 0.1) is 6.61 Å². The summed E-state index contributed by atoms with van der Waals surface area (Å²) in [5, 5.41) is 0. The molecule has 1 heterocycles. The molecule has 0 bridgehead atoms. The molecule has 1 saturated heterocycles. The highest BCUT2D eigenvalue weighted by atomic mass is 16.5. The Bertz CT molecular complexity index is 221. The van der Waals surface area contributed by atoms with E-state index in [1.807, 2.05) is 6.92 Å². The number of carbonyl (C=O) groups excluding carboxylic acids is 1.